The van der Waals surface area contributed by atoms with Gasteiger partial charge in [-0.2, -0.15) is 0 Å². The van der Waals surface area contributed by atoms with Crippen LogP contribution in [0.5, 0.6) is 0 Å². The van der Waals surface area contributed by atoms with Crippen LogP contribution in [-0.4, -0.2) is 34.3 Å². The van der Waals surface area contributed by atoms with Crippen LogP contribution in [0.15, 0.2) is 18.3 Å². The van der Waals surface area contributed by atoms with Gasteiger partial charge in [-0.1, -0.05) is 6.92 Å². The van der Waals surface area contributed by atoms with Crippen molar-refractivity contribution in [3.05, 3.63) is 23.9 Å². The summed E-state index contributed by atoms with van der Waals surface area (Å²) in [7, 11) is 0. The Kier molecular flexibility index (Phi) is 5.30. The number of rotatable bonds is 6. The minimum absolute atomic E-state index is 0.181. The monoisotopic (exact) mass is 266 g/mol. The van der Waals surface area contributed by atoms with Gasteiger partial charge in [0, 0.05) is 12.7 Å². The minimum atomic E-state index is -0.837. The van der Waals surface area contributed by atoms with E-state index < -0.39 is 11.6 Å². The second-order valence-electron chi connectivity index (χ2n) is 5.06. The van der Waals surface area contributed by atoms with Gasteiger partial charge in [0.2, 0.25) is 0 Å². The molecule has 0 spiro atoms. The summed E-state index contributed by atoms with van der Waals surface area (Å²) in [5, 5.41) is 12.9. The summed E-state index contributed by atoms with van der Waals surface area (Å²) in [6.45, 7) is 7.54. The average Bonchev–Trinajstić information content (AvgIpc) is 2.36. The molecule has 1 aromatic heterocycles. The second-order valence-corrected chi connectivity index (χ2v) is 5.06. The van der Waals surface area contributed by atoms with Crippen molar-refractivity contribution in [1.82, 2.24) is 4.98 Å². The van der Waals surface area contributed by atoms with Gasteiger partial charge < -0.3 is 15.2 Å². The molecule has 1 heterocycles. The zero-order chi connectivity index (χ0) is 14.5. The fraction of sp³-hybridized carbons (Fsp3) is 0.571. The summed E-state index contributed by atoms with van der Waals surface area (Å²) in [5.74, 6) is 0.0172. The fourth-order valence-electron chi connectivity index (χ4n) is 1.39. The maximum absolute atomic E-state index is 11.9. The van der Waals surface area contributed by atoms with E-state index in [4.69, 9.17) is 4.74 Å². The number of nitrogens with one attached hydrogen (secondary N) is 1. The predicted octanol–water partition coefficient (Wildman–Crippen LogP) is 2.22. The predicted molar refractivity (Wildman–Crippen MR) is 74.2 cm³/mol. The van der Waals surface area contributed by atoms with Crippen molar-refractivity contribution in [2.75, 3.05) is 11.9 Å². The number of carbonyl (C=O) groups excluding carboxylic acids is 1. The Morgan fingerprint density at radius 1 is 1.58 bits per heavy atom. The van der Waals surface area contributed by atoms with Gasteiger partial charge in [-0.05, 0) is 39.3 Å². The van der Waals surface area contributed by atoms with Crippen molar-refractivity contribution < 1.29 is 14.6 Å². The highest BCUT2D eigenvalue weighted by atomic mass is 16.5. The molecule has 1 unspecified atom stereocenters. The van der Waals surface area contributed by atoms with Crippen molar-refractivity contribution in [3.8, 4) is 0 Å². The number of anilines is 1. The van der Waals surface area contributed by atoms with E-state index in [1.807, 2.05) is 6.92 Å². The van der Waals surface area contributed by atoms with Crippen LogP contribution < -0.4 is 5.32 Å². The van der Waals surface area contributed by atoms with Crippen LogP contribution in [0.1, 0.15) is 44.5 Å². The fourth-order valence-corrected chi connectivity index (χ4v) is 1.39. The number of carbonyl (C=O) groups is 1. The molecule has 19 heavy (non-hydrogen) atoms. The van der Waals surface area contributed by atoms with Gasteiger partial charge in [-0.15, -0.1) is 0 Å². The van der Waals surface area contributed by atoms with E-state index in [1.54, 1.807) is 39.1 Å². The van der Waals surface area contributed by atoms with E-state index >= 15 is 0 Å². The molecule has 0 amide bonds. The Balaban J connectivity index is 2.81. The Morgan fingerprint density at radius 2 is 2.26 bits per heavy atom. The lowest BCUT2D eigenvalue weighted by molar-refractivity contribution is 0.0377. The number of ether oxygens (including phenoxy) is 1. The molecule has 0 aromatic carbocycles. The highest BCUT2D eigenvalue weighted by Gasteiger charge is 2.20. The van der Waals surface area contributed by atoms with Gasteiger partial charge in [0.15, 0.2) is 0 Å². The van der Waals surface area contributed by atoms with Crippen LogP contribution in [0.3, 0.4) is 0 Å². The second kappa shape index (κ2) is 6.52. The van der Waals surface area contributed by atoms with Gasteiger partial charge >= 0.3 is 5.97 Å². The van der Waals surface area contributed by atoms with Gasteiger partial charge in [0.25, 0.3) is 0 Å². The molecular weight excluding hydrogens is 244 g/mol. The smallest absolute Gasteiger partial charge is 0.342 e. The van der Waals surface area contributed by atoms with Crippen molar-refractivity contribution >= 4 is 11.8 Å². The van der Waals surface area contributed by atoms with E-state index in [1.165, 1.54) is 0 Å². The third-order valence-corrected chi connectivity index (χ3v) is 2.77. The molecule has 0 radical (unpaired) electrons. The van der Waals surface area contributed by atoms with E-state index in [-0.39, 0.29) is 6.10 Å². The van der Waals surface area contributed by atoms with E-state index in [0.717, 1.165) is 0 Å². The van der Waals surface area contributed by atoms with Crippen molar-refractivity contribution in [3.63, 3.8) is 0 Å². The molecule has 5 heteroatoms. The van der Waals surface area contributed by atoms with Gasteiger partial charge in [0.1, 0.15) is 11.4 Å². The molecule has 0 saturated carbocycles. The molecule has 0 aliphatic rings. The van der Waals surface area contributed by atoms with Crippen LogP contribution in [-0.2, 0) is 4.74 Å². The Bertz CT molecular complexity index is 430. The first-order chi connectivity index (χ1) is 8.85. The molecule has 2 N–H and O–H groups in total. The maximum atomic E-state index is 11.9. The average molecular weight is 266 g/mol. The number of aliphatic hydroxyl groups is 1. The highest BCUT2D eigenvalue weighted by molar-refractivity contribution is 5.94. The molecule has 1 rings (SSSR count). The largest absolute Gasteiger partial charge is 0.459 e. The van der Waals surface area contributed by atoms with Crippen LogP contribution in [0.25, 0.3) is 0 Å². The topological polar surface area (TPSA) is 71.5 Å². The number of pyridine rings is 1. The van der Waals surface area contributed by atoms with E-state index in [2.05, 4.69) is 10.3 Å². The molecule has 106 valence electrons. The zero-order valence-electron chi connectivity index (χ0n) is 11.9. The molecule has 1 aromatic rings. The molecule has 1 atom stereocenters. The maximum Gasteiger partial charge on any atom is 0.342 e. The van der Waals surface area contributed by atoms with Gasteiger partial charge in [-0.25, -0.2) is 9.78 Å². The number of hydrogen-bond donors (Lipinski definition) is 2. The first-order valence-electron chi connectivity index (χ1n) is 6.48. The zero-order valence-corrected chi connectivity index (χ0v) is 11.9. The lowest BCUT2D eigenvalue weighted by Crippen LogP contribution is -2.33. The lowest BCUT2D eigenvalue weighted by Gasteiger charge is -2.22. The van der Waals surface area contributed by atoms with Crippen molar-refractivity contribution in [2.24, 2.45) is 0 Å². The minimum Gasteiger partial charge on any atom is -0.459 e. The highest BCUT2D eigenvalue weighted by Crippen LogP contribution is 2.16. The lowest BCUT2D eigenvalue weighted by atomic mass is 10.0. The van der Waals surface area contributed by atoms with Crippen molar-refractivity contribution in [2.45, 2.75) is 45.8 Å². The molecule has 0 saturated heterocycles. The summed E-state index contributed by atoms with van der Waals surface area (Å²) in [5.41, 5.74) is -0.459. The van der Waals surface area contributed by atoms with E-state index in [9.17, 15) is 9.90 Å². The standard InChI is InChI=1S/C14H22N2O3/c1-5-14(4,18)9-16-12-11(7-6-8-15-12)13(17)19-10(2)3/h6-8,10,18H,5,9H2,1-4H3,(H,15,16). The summed E-state index contributed by atoms with van der Waals surface area (Å²) in [4.78, 5) is 16.0. The molecule has 0 fully saturated rings. The number of aromatic nitrogens is 1. The third kappa shape index (κ3) is 4.87. The summed E-state index contributed by atoms with van der Waals surface area (Å²) >= 11 is 0. The Morgan fingerprint density at radius 3 is 2.84 bits per heavy atom. The van der Waals surface area contributed by atoms with E-state index in [0.29, 0.717) is 24.3 Å². The van der Waals surface area contributed by atoms with Crippen molar-refractivity contribution in [1.29, 1.82) is 0 Å². The molecular formula is C14H22N2O3. The first kappa shape index (κ1) is 15.4. The van der Waals surface area contributed by atoms with Gasteiger partial charge in [-0.3, -0.25) is 0 Å². The molecule has 0 bridgehead atoms. The quantitative estimate of drug-likeness (QED) is 0.772. The van der Waals surface area contributed by atoms with Crippen LogP contribution in [0.2, 0.25) is 0 Å². The number of nitrogens with zero attached hydrogens (tertiary/aromatic N) is 1. The number of hydrogen-bond acceptors (Lipinski definition) is 5. The van der Waals surface area contributed by atoms with Crippen LogP contribution >= 0.6 is 0 Å². The Labute approximate surface area is 114 Å². The first-order valence-corrected chi connectivity index (χ1v) is 6.48. The van der Waals surface area contributed by atoms with Gasteiger partial charge in [0.05, 0.1) is 11.7 Å². The summed E-state index contributed by atoms with van der Waals surface area (Å²) < 4.78 is 5.15. The normalized spacial score (nSPS) is 14.0. The molecule has 5 nitrogen and oxygen atoms in total. The molecule has 0 aliphatic heterocycles. The molecule has 0 aliphatic carbocycles. The summed E-state index contributed by atoms with van der Waals surface area (Å²) in [6.07, 6.45) is 2.02. The van der Waals surface area contributed by atoms with Crippen LogP contribution in [0, 0.1) is 0 Å². The number of esters is 1. The SMILES string of the molecule is CCC(C)(O)CNc1ncccc1C(=O)OC(C)C. The summed E-state index contributed by atoms with van der Waals surface area (Å²) in [6, 6.07) is 3.33. The van der Waals surface area contributed by atoms with Crippen LogP contribution in [0.4, 0.5) is 5.82 Å². The third-order valence-electron chi connectivity index (χ3n) is 2.77. The Hall–Kier alpha value is -1.62.